The third-order valence-electron chi connectivity index (χ3n) is 3.46. The lowest BCUT2D eigenvalue weighted by molar-refractivity contribution is 0.0989. The molecule has 1 N–H and O–H groups in total. The van der Waals surface area contributed by atoms with E-state index in [2.05, 4.69) is 16.4 Å². The Labute approximate surface area is 122 Å². The van der Waals surface area contributed by atoms with Gasteiger partial charge in [-0.15, -0.1) is 0 Å². The van der Waals surface area contributed by atoms with Crippen LogP contribution in [0.5, 0.6) is 0 Å². The van der Waals surface area contributed by atoms with Gasteiger partial charge in [0.25, 0.3) is 5.91 Å². The van der Waals surface area contributed by atoms with Crippen molar-refractivity contribution < 1.29 is 4.79 Å². The van der Waals surface area contributed by atoms with Gasteiger partial charge >= 0.3 is 0 Å². The van der Waals surface area contributed by atoms with Crippen molar-refractivity contribution in [1.82, 2.24) is 4.98 Å². The number of benzene rings is 1. The lowest BCUT2D eigenvalue weighted by Crippen LogP contribution is -2.29. The maximum Gasteiger partial charge on any atom is 0.259 e. The van der Waals surface area contributed by atoms with Crippen molar-refractivity contribution in [2.75, 3.05) is 23.8 Å². The van der Waals surface area contributed by atoms with Crippen molar-refractivity contribution in [3.63, 3.8) is 0 Å². The van der Waals surface area contributed by atoms with E-state index >= 15 is 0 Å². The van der Waals surface area contributed by atoms with Crippen LogP contribution in [0.1, 0.15) is 15.9 Å². The fraction of sp³-hybridized carbons (Fsp3) is 0.200. The highest BCUT2D eigenvalue weighted by atomic mass is 35.5. The first-order chi connectivity index (χ1) is 9.70. The van der Waals surface area contributed by atoms with Crippen LogP contribution >= 0.6 is 11.6 Å². The van der Waals surface area contributed by atoms with E-state index < -0.39 is 0 Å². The summed E-state index contributed by atoms with van der Waals surface area (Å²) in [5.41, 5.74) is 2.68. The van der Waals surface area contributed by atoms with Gasteiger partial charge in [-0.25, -0.2) is 4.98 Å². The van der Waals surface area contributed by atoms with Crippen molar-refractivity contribution in [2.24, 2.45) is 0 Å². The molecule has 0 spiro atoms. The molecule has 3 rings (SSSR count). The van der Waals surface area contributed by atoms with Gasteiger partial charge in [0.1, 0.15) is 5.82 Å². The van der Waals surface area contributed by atoms with Gasteiger partial charge in [-0.2, -0.15) is 0 Å². The maximum atomic E-state index is 12.6. The molecule has 4 nitrogen and oxygen atoms in total. The maximum absolute atomic E-state index is 12.6. The summed E-state index contributed by atoms with van der Waals surface area (Å²) < 4.78 is 0. The zero-order valence-electron chi connectivity index (χ0n) is 11.1. The molecule has 0 radical (unpaired) electrons. The van der Waals surface area contributed by atoms with Gasteiger partial charge in [-0.3, -0.25) is 4.79 Å². The molecular formula is C15H14ClN3O. The molecule has 0 aliphatic carbocycles. The minimum Gasteiger partial charge on any atom is -0.372 e. The molecule has 1 aliphatic rings. The highest BCUT2D eigenvalue weighted by Crippen LogP contribution is 2.29. The van der Waals surface area contributed by atoms with Crippen LogP contribution in [0.3, 0.4) is 0 Å². The minimum atomic E-state index is -0.0630. The summed E-state index contributed by atoms with van der Waals surface area (Å²) in [7, 11) is 1.74. The summed E-state index contributed by atoms with van der Waals surface area (Å²) in [6.07, 6.45) is 2.44. The number of pyridine rings is 1. The van der Waals surface area contributed by atoms with E-state index in [0.29, 0.717) is 22.9 Å². The molecule has 5 heteroatoms. The van der Waals surface area contributed by atoms with Crippen molar-refractivity contribution in [3.05, 3.63) is 52.7 Å². The number of amides is 1. The van der Waals surface area contributed by atoms with Gasteiger partial charge in [0.05, 0.1) is 10.6 Å². The molecule has 0 atom stereocenters. The molecule has 0 fully saturated rings. The number of rotatable bonds is 2. The van der Waals surface area contributed by atoms with Crippen molar-refractivity contribution in [1.29, 1.82) is 0 Å². The summed E-state index contributed by atoms with van der Waals surface area (Å²) in [5.74, 6) is 0.511. The Hall–Kier alpha value is -2.07. The molecule has 2 heterocycles. The quantitative estimate of drug-likeness (QED) is 0.923. The first-order valence-corrected chi connectivity index (χ1v) is 6.81. The predicted octanol–water partition coefficient (Wildman–Crippen LogP) is 2.98. The van der Waals surface area contributed by atoms with Crippen LogP contribution < -0.4 is 10.2 Å². The summed E-state index contributed by atoms with van der Waals surface area (Å²) in [6, 6.07) is 9.62. The molecule has 0 saturated heterocycles. The molecule has 0 unspecified atom stereocenters. The number of nitrogens with zero attached hydrogens (tertiary/aromatic N) is 2. The van der Waals surface area contributed by atoms with E-state index in [-0.39, 0.29) is 5.91 Å². The Morgan fingerprint density at radius 1 is 1.40 bits per heavy atom. The van der Waals surface area contributed by atoms with Crippen LogP contribution in [-0.2, 0) is 6.42 Å². The molecule has 1 aliphatic heterocycles. The second-order valence-corrected chi connectivity index (χ2v) is 5.05. The number of carbonyl (C=O) groups is 1. The summed E-state index contributed by atoms with van der Waals surface area (Å²) in [6.45, 7) is 0.698. The van der Waals surface area contributed by atoms with Crippen LogP contribution in [0.2, 0.25) is 5.02 Å². The Morgan fingerprint density at radius 3 is 2.95 bits per heavy atom. The summed E-state index contributed by atoms with van der Waals surface area (Å²) in [4.78, 5) is 18.5. The number of aromatic nitrogens is 1. The fourth-order valence-corrected chi connectivity index (χ4v) is 2.70. The Balaban J connectivity index is 1.93. The summed E-state index contributed by atoms with van der Waals surface area (Å²) in [5, 5.41) is 3.33. The molecule has 20 heavy (non-hydrogen) atoms. The molecule has 0 bridgehead atoms. The third-order valence-corrected chi connectivity index (χ3v) is 3.75. The Bertz CT molecular complexity index is 672. The van der Waals surface area contributed by atoms with Crippen LogP contribution in [-0.4, -0.2) is 24.5 Å². The van der Waals surface area contributed by atoms with E-state index in [9.17, 15) is 4.79 Å². The van der Waals surface area contributed by atoms with Gasteiger partial charge in [0.2, 0.25) is 0 Å². The Kier molecular flexibility index (Phi) is 3.32. The smallest absolute Gasteiger partial charge is 0.259 e. The first-order valence-electron chi connectivity index (χ1n) is 6.44. The highest BCUT2D eigenvalue weighted by molar-refractivity contribution is 6.33. The van der Waals surface area contributed by atoms with Crippen molar-refractivity contribution in [3.8, 4) is 0 Å². The van der Waals surface area contributed by atoms with Gasteiger partial charge < -0.3 is 10.2 Å². The lowest BCUT2D eigenvalue weighted by Gasteiger charge is -2.17. The summed E-state index contributed by atoms with van der Waals surface area (Å²) >= 11 is 6.08. The normalized spacial score (nSPS) is 13.2. The topological polar surface area (TPSA) is 45.2 Å². The van der Waals surface area contributed by atoms with E-state index in [1.807, 2.05) is 18.2 Å². The number of halogens is 1. The van der Waals surface area contributed by atoms with Crippen molar-refractivity contribution >= 4 is 29.0 Å². The molecule has 102 valence electrons. The largest absolute Gasteiger partial charge is 0.372 e. The van der Waals surface area contributed by atoms with Crippen LogP contribution in [0, 0.1) is 0 Å². The SMILES string of the molecule is CNc1ncc(C(=O)N2CCc3ccccc32)cc1Cl. The highest BCUT2D eigenvalue weighted by Gasteiger charge is 2.25. The standard InChI is InChI=1S/C15H14ClN3O/c1-17-14-12(16)8-11(9-18-14)15(20)19-7-6-10-4-2-3-5-13(10)19/h2-5,8-9H,6-7H2,1H3,(H,17,18). The zero-order chi connectivity index (χ0) is 14.1. The molecular weight excluding hydrogens is 274 g/mol. The second-order valence-electron chi connectivity index (χ2n) is 4.64. The van der Waals surface area contributed by atoms with Crippen LogP contribution in [0.4, 0.5) is 11.5 Å². The third kappa shape index (κ3) is 2.12. The number of anilines is 2. The molecule has 1 aromatic heterocycles. The average Bonchev–Trinajstić information content (AvgIpc) is 2.90. The van der Waals surface area contributed by atoms with Crippen LogP contribution in [0.15, 0.2) is 36.5 Å². The number of carbonyl (C=O) groups excluding carboxylic acids is 1. The van der Waals surface area contributed by atoms with E-state index in [4.69, 9.17) is 11.6 Å². The lowest BCUT2D eigenvalue weighted by atomic mass is 10.2. The first kappa shape index (κ1) is 12.9. The number of hydrogen-bond acceptors (Lipinski definition) is 3. The monoisotopic (exact) mass is 287 g/mol. The molecule has 2 aromatic rings. The number of hydrogen-bond donors (Lipinski definition) is 1. The number of nitrogens with one attached hydrogen (secondary N) is 1. The van der Waals surface area contributed by atoms with Crippen LogP contribution in [0.25, 0.3) is 0 Å². The molecule has 1 aromatic carbocycles. The Morgan fingerprint density at radius 2 is 2.20 bits per heavy atom. The van der Waals surface area contributed by atoms with Gasteiger partial charge in [0, 0.05) is 25.5 Å². The predicted molar refractivity (Wildman–Crippen MR) is 80.6 cm³/mol. The van der Waals surface area contributed by atoms with Crippen molar-refractivity contribution in [2.45, 2.75) is 6.42 Å². The van der Waals surface area contributed by atoms with E-state index in [1.54, 1.807) is 24.2 Å². The van der Waals surface area contributed by atoms with E-state index in [0.717, 1.165) is 12.1 Å². The molecule has 1 amide bonds. The van der Waals surface area contributed by atoms with Gasteiger partial charge in [0.15, 0.2) is 0 Å². The average molecular weight is 288 g/mol. The minimum absolute atomic E-state index is 0.0630. The van der Waals surface area contributed by atoms with E-state index in [1.165, 1.54) is 5.56 Å². The fourth-order valence-electron chi connectivity index (χ4n) is 2.44. The van der Waals surface area contributed by atoms with Gasteiger partial charge in [-0.05, 0) is 24.1 Å². The second kappa shape index (κ2) is 5.13. The molecule has 0 saturated carbocycles. The number of fused-ring (bicyclic) bond motifs is 1. The number of para-hydroxylation sites is 1. The zero-order valence-corrected chi connectivity index (χ0v) is 11.8. The van der Waals surface area contributed by atoms with Gasteiger partial charge in [-0.1, -0.05) is 29.8 Å².